The third kappa shape index (κ3) is 4.22. The summed E-state index contributed by atoms with van der Waals surface area (Å²) in [5, 5.41) is 3.76. The maximum absolute atomic E-state index is 12.7. The Hall–Kier alpha value is -2.35. The van der Waals surface area contributed by atoms with Gasteiger partial charge in [0, 0.05) is 24.5 Å². The number of hydrogen-bond donors (Lipinski definition) is 1. The molecule has 0 saturated heterocycles. The fourth-order valence-corrected chi connectivity index (χ4v) is 4.90. The molecule has 2 aromatic carbocycles. The first kappa shape index (κ1) is 19.0. The summed E-state index contributed by atoms with van der Waals surface area (Å²) in [4.78, 5) is 21.6. The number of thioether (sulfide) groups is 1. The van der Waals surface area contributed by atoms with Gasteiger partial charge < -0.3 is 9.88 Å². The van der Waals surface area contributed by atoms with Gasteiger partial charge in [0.2, 0.25) is 5.91 Å². The Bertz CT molecular complexity index is 1110. The van der Waals surface area contributed by atoms with Crippen LogP contribution in [-0.2, 0) is 11.8 Å². The van der Waals surface area contributed by atoms with E-state index in [-0.39, 0.29) is 17.7 Å². The van der Waals surface area contributed by atoms with Gasteiger partial charge in [-0.25, -0.2) is 9.97 Å². The van der Waals surface area contributed by atoms with Crippen molar-refractivity contribution in [2.45, 2.75) is 10.4 Å². The Morgan fingerprint density at radius 2 is 2.11 bits per heavy atom. The van der Waals surface area contributed by atoms with Crippen LogP contribution in [0, 0.1) is 0 Å². The summed E-state index contributed by atoms with van der Waals surface area (Å²) in [6.07, 6.45) is 3.61. The zero-order valence-electron chi connectivity index (χ0n) is 15.0. The molecule has 142 valence electrons. The van der Waals surface area contributed by atoms with Crippen molar-refractivity contribution < 1.29 is 4.79 Å². The molecular weight excluding hydrogens is 412 g/mol. The lowest BCUT2D eigenvalue weighted by atomic mass is 10.1. The van der Waals surface area contributed by atoms with Gasteiger partial charge in [-0.05, 0) is 23.8 Å². The summed E-state index contributed by atoms with van der Waals surface area (Å²) in [6.45, 7) is 0. The number of imidazole rings is 1. The van der Waals surface area contributed by atoms with Crippen molar-refractivity contribution in [3.05, 3.63) is 77.3 Å². The fourth-order valence-electron chi connectivity index (χ4n) is 2.87. The van der Waals surface area contributed by atoms with Crippen molar-refractivity contribution in [1.82, 2.24) is 19.9 Å². The minimum absolute atomic E-state index is 0.0702. The van der Waals surface area contributed by atoms with E-state index in [2.05, 4.69) is 15.3 Å². The van der Waals surface area contributed by atoms with E-state index in [4.69, 9.17) is 11.6 Å². The van der Waals surface area contributed by atoms with E-state index in [0.717, 1.165) is 25.9 Å². The molecule has 5 nitrogen and oxygen atoms in total. The number of halogens is 1. The van der Waals surface area contributed by atoms with Gasteiger partial charge in [-0.1, -0.05) is 53.7 Å². The highest BCUT2D eigenvalue weighted by Gasteiger charge is 2.20. The molecule has 0 aliphatic rings. The molecule has 4 rings (SSSR count). The smallest absolute Gasteiger partial charge is 0.231 e. The molecule has 0 bridgehead atoms. The molecule has 2 heterocycles. The monoisotopic (exact) mass is 428 g/mol. The molecule has 0 saturated carbocycles. The number of aromatic nitrogens is 3. The molecule has 1 atom stereocenters. The number of nitrogens with zero attached hydrogens (tertiary/aromatic N) is 3. The number of carbonyl (C=O) groups is 1. The van der Waals surface area contributed by atoms with E-state index < -0.39 is 0 Å². The Balaban J connectivity index is 1.47. The summed E-state index contributed by atoms with van der Waals surface area (Å²) >= 11 is 9.00. The summed E-state index contributed by atoms with van der Waals surface area (Å²) < 4.78 is 3.82. The van der Waals surface area contributed by atoms with E-state index in [9.17, 15) is 4.79 Å². The normalized spacial score (nSPS) is 12.2. The van der Waals surface area contributed by atoms with Crippen molar-refractivity contribution in [2.24, 2.45) is 7.05 Å². The second kappa shape index (κ2) is 8.34. The lowest BCUT2D eigenvalue weighted by Crippen LogP contribution is -2.32. The lowest BCUT2D eigenvalue weighted by Gasteiger charge is -2.19. The molecule has 0 aliphatic heterocycles. The average Bonchev–Trinajstić information content (AvgIpc) is 3.30. The van der Waals surface area contributed by atoms with Gasteiger partial charge in [0.05, 0.1) is 16.0 Å². The first-order valence-corrected chi connectivity index (χ1v) is 10.8. The van der Waals surface area contributed by atoms with Crippen molar-refractivity contribution in [3.63, 3.8) is 0 Å². The van der Waals surface area contributed by atoms with Crippen LogP contribution in [0.2, 0.25) is 5.02 Å². The highest BCUT2D eigenvalue weighted by atomic mass is 35.5. The Labute approximate surface area is 175 Å². The molecule has 0 radical (unpaired) electrons. The number of rotatable bonds is 6. The van der Waals surface area contributed by atoms with E-state index in [0.29, 0.717) is 5.02 Å². The van der Waals surface area contributed by atoms with Crippen LogP contribution in [0.4, 0.5) is 0 Å². The van der Waals surface area contributed by atoms with Crippen LogP contribution < -0.4 is 5.32 Å². The number of nitrogens with one attached hydrogen (secondary N) is 1. The maximum atomic E-state index is 12.7. The SMILES string of the molecule is Cn1ccnc1[C@H](NC(=O)CSc1nc2cc(Cl)ccc2s1)c1ccccc1. The second-order valence-corrected chi connectivity index (χ2v) is 8.88. The standard InChI is InChI=1S/C20H17ClN4OS2/c1-25-10-9-22-19(25)18(13-5-3-2-4-6-13)24-17(26)12-27-20-23-15-11-14(21)7-8-16(15)28-20/h2-11,18H,12H2,1H3,(H,24,26)/t18-/m1/s1. The molecular formula is C20H17ClN4OS2. The lowest BCUT2D eigenvalue weighted by molar-refractivity contribution is -0.119. The number of aryl methyl sites for hydroxylation is 1. The van der Waals surface area contributed by atoms with Crippen LogP contribution in [0.3, 0.4) is 0 Å². The fraction of sp³-hybridized carbons (Fsp3) is 0.150. The Kier molecular flexibility index (Phi) is 5.66. The molecule has 0 unspecified atom stereocenters. The third-order valence-electron chi connectivity index (χ3n) is 4.21. The van der Waals surface area contributed by atoms with Crippen molar-refractivity contribution in [2.75, 3.05) is 5.75 Å². The zero-order chi connectivity index (χ0) is 19.5. The average molecular weight is 429 g/mol. The van der Waals surface area contributed by atoms with Gasteiger partial charge >= 0.3 is 0 Å². The van der Waals surface area contributed by atoms with Crippen molar-refractivity contribution in [1.29, 1.82) is 0 Å². The van der Waals surface area contributed by atoms with Gasteiger partial charge in [0.15, 0.2) is 4.34 Å². The number of hydrogen-bond acceptors (Lipinski definition) is 5. The van der Waals surface area contributed by atoms with Crippen LogP contribution in [0.1, 0.15) is 17.4 Å². The van der Waals surface area contributed by atoms with E-state index >= 15 is 0 Å². The molecule has 0 aliphatic carbocycles. The topological polar surface area (TPSA) is 59.8 Å². The Morgan fingerprint density at radius 1 is 1.29 bits per heavy atom. The van der Waals surface area contributed by atoms with Crippen molar-refractivity contribution in [3.8, 4) is 0 Å². The molecule has 1 amide bonds. The molecule has 1 N–H and O–H groups in total. The largest absolute Gasteiger partial charge is 0.341 e. The van der Waals surface area contributed by atoms with Crippen LogP contribution in [0.5, 0.6) is 0 Å². The van der Waals surface area contributed by atoms with Crippen LogP contribution in [0.15, 0.2) is 65.3 Å². The minimum atomic E-state index is -0.302. The summed E-state index contributed by atoms with van der Waals surface area (Å²) in [5.41, 5.74) is 1.85. The molecule has 0 fully saturated rings. The zero-order valence-corrected chi connectivity index (χ0v) is 17.4. The summed E-state index contributed by atoms with van der Waals surface area (Å²) in [7, 11) is 1.92. The quantitative estimate of drug-likeness (QED) is 0.453. The van der Waals surface area contributed by atoms with Crippen LogP contribution in [-0.4, -0.2) is 26.2 Å². The van der Waals surface area contributed by atoms with Gasteiger partial charge in [-0.15, -0.1) is 11.3 Å². The molecule has 4 aromatic rings. The molecule has 0 spiro atoms. The number of fused-ring (bicyclic) bond motifs is 1. The minimum Gasteiger partial charge on any atom is -0.341 e. The maximum Gasteiger partial charge on any atom is 0.231 e. The van der Waals surface area contributed by atoms with Gasteiger partial charge in [-0.3, -0.25) is 4.79 Å². The van der Waals surface area contributed by atoms with Crippen LogP contribution in [0.25, 0.3) is 10.2 Å². The Morgan fingerprint density at radius 3 is 2.86 bits per heavy atom. The molecule has 2 aromatic heterocycles. The summed E-state index contributed by atoms with van der Waals surface area (Å²) in [5.74, 6) is 1.000. The first-order chi connectivity index (χ1) is 13.6. The number of thiazole rings is 1. The van der Waals surface area contributed by atoms with Gasteiger partial charge in [0.25, 0.3) is 0 Å². The van der Waals surface area contributed by atoms with E-state index in [1.807, 2.05) is 66.3 Å². The highest BCUT2D eigenvalue weighted by molar-refractivity contribution is 8.01. The predicted molar refractivity (Wildman–Crippen MR) is 115 cm³/mol. The van der Waals surface area contributed by atoms with Gasteiger partial charge in [0.1, 0.15) is 11.9 Å². The third-order valence-corrected chi connectivity index (χ3v) is 6.63. The van der Waals surface area contributed by atoms with Crippen LogP contribution >= 0.6 is 34.7 Å². The highest BCUT2D eigenvalue weighted by Crippen LogP contribution is 2.31. The second-order valence-electron chi connectivity index (χ2n) is 6.19. The van der Waals surface area contributed by atoms with E-state index in [1.54, 1.807) is 17.5 Å². The van der Waals surface area contributed by atoms with Gasteiger partial charge in [-0.2, -0.15) is 0 Å². The number of amides is 1. The molecule has 28 heavy (non-hydrogen) atoms. The number of carbonyl (C=O) groups excluding carboxylic acids is 1. The predicted octanol–water partition coefficient (Wildman–Crippen LogP) is 4.68. The number of benzene rings is 2. The first-order valence-electron chi connectivity index (χ1n) is 8.60. The summed E-state index contributed by atoms with van der Waals surface area (Å²) in [6, 6.07) is 15.2. The molecule has 8 heteroatoms. The van der Waals surface area contributed by atoms with E-state index in [1.165, 1.54) is 11.8 Å². The van der Waals surface area contributed by atoms with Crippen molar-refractivity contribution >= 4 is 50.8 Å².